The first-order chi connectivity index (χ1) is 10.1. The first-order valence-corrected chi connectivity index (χ1v) is 7.67. The van der Waals surface area contributed by atoms with Crippen molar-refractivity contribution < 1.29 is 4.79 Å². The van der Waals surface area contributed by atoms with E-state index in [0.717, 1.165) is 13.1 Å². The molecule has 1 saturated heterocycles. The summed E-state index contributed by atoms with van der Waals surface area (Å²) in [5.41, 5.74) is 5.62. The number of piperidine rings is 1. The van der Waals surface area contributed by atoms with E-state index in [2.05, 4.69) is 34.0 Å². The van der Waals surface area contributed by atoms with Gasteiger partial charge < -0.3 is 11.1 Å². The van der Waals surface area contributed by atoms with Crippen LogP contribution in [-0.2, 0) is 11.3 Å². The van der Waals surface area contributed by atoms with Crippen molar-refractivity contribution in [1.29, 1.82) is 0 Å². The Labute approximate surface area is 126 Å². The summed E-state index contributed by atoms with van der Waals surface area (Å²) in [4.78, 5) is 23.0. The summed E-state index contributed by atoms with van der Waals surface area (Å²) in [5, 5.41) is 2.94. The summed E-state index contributed by atoms with van der Waals surface area (Å²) in [6.45, 7) is 6.52. The van der Waals surface area contributed by atoms with E-state index in [-0.39, 0.29) is 17.9 Å². The number of carbonyl (C=O) groups is 1. The lowest BCUT2D eigenvalue weighted by Gasteiger charge is -2.35. The largest absolute Gasteiger partial charge is 0.384 e. The predicted molar refractivity (Wildman–Crippen MR) is 82.3 cm³/mol. The third-order valence-corrected chi connectivity index (χ3v) is 3.83. The minimum atomic E-state index is -0.0774. The molecule has 21 heavy (non-hydrogen) atoms. The maximum absolute atomic E-state index is 12.5. The Morgan fingerprint density at radius 1 is 1.38 bits per heavy atom. The van der Waals surface area contributed by atoms with Crippen LogP contribution in [0.3, 0.4) is 0 Å². The Morgan fingerprint density at radius 3 is 2.71 bits per heavy atom. The second-order valence-corrected chi connectivity index (χ2v) is 5.90. The Balaban J connectivity index is 1.95. The zero-order chi connectivity index (χ0) is 15.2. The molecule has 1 aromatic heterocycles. The minimum absolute atomic E-state index is 0.0536. The third kappa shape index (κ3) is 4.39. The van der Waals surface area contributed by atoms with Gasteiger partial charge in [0.2, 0.25) is 5.91 Å². The highest BCUT2D eigenvalue weighted by Gasteiger charge is 2.29. The second kappa shape index (κ2) is 7.36. The summed E-state index contributed by atoms with van der Waals surface area (Å²) in [6.07, 6.45) is 5.22. The van der Waals surface area contributed by atoms with Crippen molar-refractivity contribution in [3.8, 4) is 0 Å². The van der Waals surface area contributed by atoms with Gasteiger partial charge in [0, 0.05) is 6.20 Å². The number of nitrogens with zero attached hydrogens (tertiary/aromatic N) is 3. The number of nitrogens with one attached hydrogen (secondary N) is 1. The highest BCUT2D eigenvalue weighted by atomic mass is 16.2. The number of aromatic nitrogens is 2. The highest BCUT2D eigenvalue weighted by Crippen LogP contribution is 2.17. The van der Waals surface area contributed by atoms with E-state index >= 15 is 0 Å². The molecule has 1 amide bonds. The van der Waals surface area contributed by atoms with Gasteiger partial charge in [-0.25, -0.2) is 9.97 Å². The molecule has 2 rings (SSSR count). The Bertz CT molecular complexity index is 471. The zero-order valence-electron chi connectivity index (χ0n) is 12.9. The maximum atomic E-state index is 12.5. The molecule has 1 aliphatic rings. The van der Waals surface area contributed by atoms with E-state index in [1.165, 1.54) is 19.3 Å². The van der Waals surface area contributed by atoms with Crippen LogP contribution in [0.2, 0.25) is 0 Å². The molecule has 0 saturated carbocycles. The Morgan fingerprint density at radius 2 is 2.10 bits per heavy atom. The number of nitrogens with two attached hydrogens (primary N) is 1. The van der Waals surface area contributed by atoms with Crippen molar-refractivity contribution in [1.82, 2.24) is 20.2 Å². The molecule has 116 valence electrons. The summed E-state index contributed by atoms with van der Waals surface area (Å²) < 4.78 is 0. The first kappa shape index (κ1) is 15.7. The van der Waals surface area contributed by atoms with Crippen molar-refractivity contribution >= 4 is 11.7 Å². The van der Waals surface area contributed by atoms with Crippen LogP contribution < -0.4 is 11.1 Å². The molecule has 0 aromatic carbocycles. The van der Waals surface area contributed by atoms with E-state index in [9.17, 15) is 4.79 Å². The quantitative estimate of drug-likeness (QED) is 0.851. The van der Waals surface area contributed by atoms with Crippen LogP contribution in [-0.4, -0.2) is 39.9 Å². The van der Waals surface area contributed by atoms with Crippen molar-refractivity contribution in [3.63, 3.8) is 0 Å². The molecule has 1 atom stereocenters. The van der Waals surface area contributed by atoms with Crippen LogP contribution >= 0.6 is 0 Å². The fraction of sp³-hybridized carbons (Fsp3) is 0.667. The predicted octanol–water partition coefficient (Wildman–Crippen LogP) is 1.19. The SMILES string of the molecule is CC(C)[C@@H](C(=O)NCc1nccc(N)n1)N1CCCCC1. The van der Waals surface area contributed by atoms with E-state index < -0.39 is 0 Å². The van der Waals surface area contributed by atoms with Crippen LogP contribution in [0.4, 0.5) is 5.82 Å². The lowest BCUT2D eigenvalue weighted by Crippen LogP contribution is -2.51. The van der Waals surface area contributed by atoms with Crippen molar-refractivity contribution in [2.75, 3.05) is 18.8 Å². The molecule has 1 aromatic rings. The average Bonchev–Trinajstić information content (AvgIpc) is 2.46. The van der Waals surface area contributed by atoms with E-state index in [4.69, 9.17) is 5.73 Å². The number of amides is 1. The molecule has 6 nitrogen and oxygen atoms in total. The minimum Gasteiger partial charge on any atom is -0.384 e. The molecule has 3 N–H and O–H groups in total. The van der Waals surface area contributed by atoms with Crippen LogP contribution in [0.5, 0.6) is 0 Å². The number of rotatable bonds is 5. The third-order valence-electron chi connectivity index (χ3n) is 3.83. The Kier molecular flexibility index (Phi) is 5.50. The second-order valence-electron chi connectivity index (χ2n) is 5.90. The molecule has 1 fully saturated rings. The number of hydrogen-bond donors (Lipinski definition) is 2. The topological polar surface area (TPSA) is 84.1 Å². The summed E-state index contributed by atoms with van der Waals surface area (Å²) >= 11 is 0. The van der Waals surface area contributed by atoms with Gasteiger partial charge >= 0.3 is 0 Å². The lowest BCUT2D eigenvalue weighted by molar-refractivity contribution is -0.128. The van der Waals surface area contributed by atoms with Crippen molar-refractivity contribution in [2.24, 2.45) is 5.92 Å². The fourth-order valence-corrected chi connectivity index (χ4v) is 2.86. The Hall–Kier alpha value is -1.69. The fourth-order valence-electron chi connectivity index (χ4n) is 2.86. The number of anilines is 1. The standard InChI is InChI=1S/C15H25N5O/c1-11(2)14(20-8-4-3-5-9-20)15(21)18-10-13-17-7-6-12(16)19-13/h6-7,11,14H,3-5,8-10H2,1-2H3,(H,18,21)(H2,16,17,19)/t14-/m0/s1. The smallest absolute Gasteiger partial charge is 0.237 e. The van der Waals surface area contributed by atoms with Crippen molar-refractivity contribution in [3.05, 3.63) is 18.1 Å². The molecule has 0 aliphatic carbocycles. The number of likely N-dealkylation sites (tertiary alicyclic amines) is 1. The average molecular weight is 291 g/mol. The normalized spacial score (nSPS) is 17.7. The van der Waals surface area contributed by atoms with Gasteiger partial charge in [-0.15, -0.1) is 0 Å². The number of carbonyl (C=O) groups excluding carboxylic acids is 1. The number of nitrogen functional groups attached to an aromatic ring is 1. The van der Waals surface area contributed by atoms with Crippen LogP contribution in [0.15, 0.2) is 12.3 Å². The highest BCUT2D eigenvalue weighted by molar-refractivity contribution is 5.81. The van der Waals surface area contributed by atoms with Gasteiger partial charge in [0.15, 0.2) is 0 Å². The molecule has 2 heterocycles. The zero-order valence-corrected chi connectivity index (χ0v) is 12.9. The van der Waals surface area contributed by atoms with Gasteiger partial charge in [-0.05, 0) is 37.9 Å². The van der Waals surface area contributed by atoms with Crippen LogP contribution in [0.1, 0.15) is 38.9 Å². The molecular formula is C15H25N5O. The summed E-state index contributed by atoms with van der Waals surface area (Å²) in [7, 11) is 0. The monoisotopic (exact) mass is 291 g/mol. The van der Waals surface area contributed by atoms with Gasteiger partial charge in [0.05, 0.1) is 12.6 Å². The van der Waals surface area contributed by atoms with Gasteiger partial charge in [-0.2, -0.15) is 0 Å². The lowest BCUT2D eigenvalue weighted by atomic mass is 9.98. The van der Waals surface area contributed by atoms with Crippen LogP contribution in [0.25, 0.3) is 0 Å². The summed E-state index contributed by atoms with van der Waals surface area (Å²) in [6, 6.07) is 1.56. The molecule has 0 unspecified atom stereocenters. The maximum Gasteiger partial charge on any atom is 0.237 e. The van der Waals surface area contributed by atoms with Crippen LogP contribution in [0, 0.1) is 5.92 Å². The molecule has 0 bridgehead atoms. The number of hydrogen-bond acceptors (Lipinski definition) is 5. The van der Waals surface area contributed by atoms with E-state index in [0.29, 0.717) is 18.2 Å². The van der Waals surface area contributed by atoms with Crippen molar-refractivity contribution in [2.45, 2.75) is 45.7 Å². The molecule has 0 radical (unpaired) electrons. The van der Waals surface area contributed by atoms with E-state index in [1.54, 1.807) is 12.3 Å². The molecule has 6 heteroatoms. The molecule has 1 aliphatic heterocycles. The van der Waals surface area contributed by atoms with E-state index in [1.807, 2.05) is 0 Å². The molecular weight excluding hydrogens is 266 g/mol. The first-order valence-electron chi connectivity index (χ1n) is 7.67. The molecule has 0 spiro atoms. The van der Waals surface area contributed by atoms with Gasteiger partial charge in [0.25, 0.3) is 0 Å². The van der Waals surface area contributed by atoms with Gasteiger partial charge in [0.1, 0.15) is 11.6 Å². The summed E-state index contributed by atoms with van der Waals surface area (Å²) in [5.74, 6) is 1.30. The van der Waals surface area contributed by atoms with Gasteiger partial charge in [-0.1, -0.05) is 20.3 Å². The van der Waals surface area contributed by atoms with Gasteiger partial charge in [-0.3, -0.25) is 9.69 Å².